The zero-order chi connectivity index (χ0) is 12.2. The van der Waals surface area contributed by atoms with Crippen LogP contribution in [0.2, 0.25) is 0 Å². The molecule has 1 aromatic rings. The molecule has 0 saturated heterocycles. The minimum Gasteiger partial charge on any atom is -0.305 e. The predicted molar refractivity (Wildman–Crippen MR) is 61.6 cm³/mol. The van der Waals surface area contributed by atoms with E-state index in [9.17, 15) is 8.96 Å². The fourth-order valence-electron chi connectivity index (χ4n) is 1.39. The Morgan fingerprint density at radius 1 is 1.25 bits per heavy atom. The van der Waals surface area contributed by atoms with Crippen LogP contribution in [0.15, 0.2) is 18.2 Å². The molecule has 90 valence electrons. The topological polar surface area (TPSA) is 35.5 Å². The molecule has 0 atom stereocenters. The molecule has 0 heterocycles. The molecule has 0 amide bonds. The highest BCUT2D eigenvalue weighted by atomic mass is 31.2. The first-order chi connectivity index (χ1) is 7.53. The monoisotopic (exact) mass is 246 g/mol. The van der Waals surface area contributed by atoms with E-state index in [1.54, 1.807) is 26.8 Å². The van der Waals surface area contributed by atoms with E-state index in [0.29, 0.717) is 10.9 Å². The minimum absolute atomic E-state index is 0.257. The Morgan fingerprint density at radius 2 is 1.81 bits per heavy atom. The van der Waals surface area contributed by atoms with Crippen molar-refractivity contribution in [3.8, 4) is 0 Å². The van der Waals surface area contributed by atoms with Crippen molar-refractivity contribution < 1.29 is 18.0 Å². The summed E-state index contributed by atoms with van der Waals surface area (Å²) in [6.07, 6.45) is 0. The molecular formula is C11H16FO3P. The molecule has 0 aliphatic carbocycles. The third kappa shape index (κ3) is 2.91. The minimum atomic E-state index is -3.38. The number of rotatable bonds is 5. The molecule has 0 spiro atoms. The van der Waals surface area contributed by atoms with Gasteiger partial charge in [-0.15, -0.1) is 0 Å². The van der Waals surface area contributed by atoms with Crippen LogP contribution >= 0.6 is 7.60 Å². The van der Waals surface area contributed by atoms with Gasteiger partial charge in [0.2, 0.25) is 0 Å². The average Bonchev–Trinajstić information content (AvgIpc) is 2.22. The van der Waals surface area contributed by atoms with Gasteiger partial charge in [0.25, 0.3) is 0 Å². The van der Waals surface area contributed by atoms with Crippen LogP contribution in [0.1, 0.15) is 19.4 Å². The second kappa shape index (κ2) is 5.58. The van der Waals surface area contributed by atoms with Gasteiger partial charge in [0.05, 0.1) is 18.5 Å². The number of benzene rings is 1. The maximum Gasteiger partial charge on any atom is 0.361 e. The summed E-state index contributed by atoms with van der Waals surface area (Å²) in [6.45, 7) is 5.71. The summed E-state index contributed by atoms with van der Waals surface area (Å²) in [4.78, 5) is 0. The second-order valence-corrected chi connectivity index (χ2v) is 5.26. The lowest BCUT2D eigenvalue weighted by Crippen LogP contribution is -2.14. The molecule has 0 saturated carbocycles. The van der Waals surface area contributed by atoms with Crippen LogP contribution in [0.25, 0.3) is 0 Å². The fraction of sp³-hybridized carbons (Fsp3) is 0.455. The van der Waals surface area contributed by atoms with Crippen molar-refractivity contribution in [3.63, 3.8) is 0 Å². The van der Waals surface area contributed by atoms with E-state index in [-0.39, 0.29) is 13.2 Å². The van der Waals surface area contributed by atoms with Gasteiger partial charge in [-0.1, -0.05) is 6.07 Å². The molecule has 16 heavy (non-hydrogen) atoms. The zero-order valence-corrected chi connectivity index (χ0v) is 10.6. The van der Waals surface area contributed by atoms with Crippen molar-refractivity contribution in [2.45, 2.75) is 20.8 Å². The summed E-state index contributed by atoms with van der Waals surface area (Å²) < 4.78 is 35.8. The molecule has 1 rings (SSSR count). The lowest BCUT2D eigenvalue weighted by atomic mass is 10.2. The molecule has 0 aromatic heterocycles. The van der Waals surface area contributed by atoms with Gasteiger partial charge in [-0.2, -0.15) is 0 Å². The van der Waals surface area contributed by atoms with E-state index in [4.69, 9.17) is 9.05 Å². The third-order valence-electron chi connectivity index (χ3n) is 2.06. The van der Waals surface area contributed by atoms with Crippen LogP contribution in [0, 0.1) is 12.7 Å². The van der Waals surface area contributed by atoms with E-state index in [0.717, 1.165) is 0 Å². The van der Waals surface area contributed by atoms with E-state index in [1.165, 1.54) is 12.1 Å². The first-order valence-corrected chi connectivity index (χ1v) is 6.73. The summed E-state index contributed by atoms with van der Waals surface area (Å²) >= 11 is 0. The van der Waals surface area contributed by atoms with Gasteiger partial charge in [-0.25, -0.2) is 4.39 Å². The van der Waals surface area contributed by atoms with Crippen LogP contribution in [0.4, 0.5) is 4.39 Å². The quantitative estimate of drug-likeness (QED) is 0.749. The Bertz CT molecular complexity index is 396. The lowest BCUT2D eigenvalue weighted by Gasteiger charge is -2.18. The Kier molecular flexibility index (Phi) is 4.66. The Hall–Kier alpha value is -0.700. The van der Waals surface area contributed by atoms with Crippen LogP contribution in [-0.4, -0.2) is 13.2 Å². The Balaban J connectivity index is 3.20. The highest BCUT2D eigenvalue weighted by molar-refractivity contribution is 7.62. The van der Waals surface area contributed by atoms with Gasteiger partial charge in [0, 0.05) is 0 Å². The second-order valence-electron chi connectivity index (χ2n) is 3.26. The van der Waals surface area contributed by atoms with E-state index in [2.05, 4.69) is 0 Å². The molecule has 0 aliphatic heterocycles. The van der Waals surface area contributed by atoms with Gasteiger partial charge < -0.3 is 9.05 Å². The van der Waals surface area contributed by atoms with Crippen LogP contribution in [0.5, 0.6) is 0 Å². The van der Waals surface area contributed by atoms with Gasteiger partial charge in [0.1, 0.15) is 5.82 Å². The fourth-order valence-corrected chi connectivity index (χ4v) is 3.21. The lowest BCUT2D eigenvalue weighted by molar-refractivity contribution is 0.229. The van der Waals surface area contributed by atoms with Crippen molar-refractivity contribution in [3.05, 3.63) is 29.6 Å². The first-order valence-electron chi connectivity index (χ1n) is 5.19. The molecule has 0 aliphatic rings. The van der Waals surface area contributed by atoms with Gasteiger partial charge >= 0.3 is 7.60 Å². The van der Waals surface area contributed by atoms with Crippen LogP contribution in [0.3, 0.4) is 0 Å². The van der Waals surface area contributed by atoms with Crippen molar-refractivity contribution >= 4 is 12.9 Å². The van der Waals surface area contributed by atoms with Crippen molar-refractivity contribution in [1.29, 1.82) is 0 Å². The number of hydrogen-bond acceptors (Lipinski definition) is 3. The normalized spacial score (nSPS) is 11.8. The average molecular weight is 246 g/mol. The summed E-state index contributed by atoms with van der Waals surface area (Å²) in [6, 6.07) is 4.10. The van der Waals surface area contributed by atoms with Crippen molar-refractivity contribution in [2.75, 3.05) is 13.2 Å². The molecule has 0 radical (unpaired) electrons. The SMILES string of the molecule is CCOP(=O)(OCC)c1cc(F)ccc1C. The smallest absolute Gasteiger partial charge is 0.305 e. The summed E-state index contributed by atoms with van der Waals surface area (Å²) in [5.41, 5.74) is 0.701. The van der Waals surface area contributed by atoms with E-state index >= 15 is 0 Å². The number of hydrogen-bond donors (Lipinski definition) is 0. The Labute approximate surface area is 95.1 Å². The van der Waals surface area contributed by atoms with E-state index in [1.807, 2.05) is 0 Å². The van der Waals surface area contributed by atoms with Crippen molar-refractivity contribution in [1.82, 2.24) is 0 Å². The summed E-state index contributed by atoms with van der Waals surface area (Å²) in [5.74, 6) is -0.444. The molecule has 0 fully saturated rings. The van der Waals surface area contributed by atoms with Gasteiger partial charge in [-0.3, -0.25) is 4.57 Å². The number of halogens is 1. The maximum atomic E-state index is 13.1. The molecule has 1 aromatic carbocycles. The van der Waals surface area contributed by atoms with Crippen LogP contribution < -0.4 is 5.30 Å². The summed E-state index contributed by atoms with van der Waals surface area (Å²) in [7, 11) is -3.38. The first kappa shape index (κ1) is 13.4. The molecule has 0 N–H and O–H groups in total. The molecule has 3 nitrogen and oxygen atoms in total. The highest BCUT2D eigenvalue weighted by Gasteiger charge is 2.28. The molecule has 5 heteroatoms. The highest BCUT2D eigenvalue weighted by Crippen LogP contribution is 2.47. The third-order valence-corrected chi connectivity index (χ3v) is 4.33. The number of aryl methyl sites for hydroxylation is 1. The summed E-state index contributed by atoms with van der Waals surface area (Å²) in [5, 5.41) is 0.302. The largest absolute Gasteiger partial charge is 0.361 e. The molecule has 0 bridgehead atoms. The molecule has 0 unspecified atom stereocenters. The van der Waals surface area contributed by atoms with Gasteiger partial charge in [0.15, 0.2) is 0 Å². The predicted octanol–water partition coefficient (Wildman–Crippen LogP) is 3.03. The maximum absolute atomic E-state index is 13.1. The van der Waals surface area contributed by atoms with E-state index < -0.39 is 13.4 Å². The standard InChI is InChI=1S/C11H16FO3P/c1-4-14-16(13,15-5-2)11-8-10(12)7-6-9(11)3/h6-8H,4-5H2,1-3H3. The van der Waals surface area contributed by atoms with Gasteiger partial charge in [-0.05, 0) is 38.5 Å². The Morgan fingerprint density at radius 3 is 2.31 bits per heavy atom. The van der Waals surface area contributed by atoms with Crippen molar-refractivity contribution in [2.24, 2.45) is 0 Å². The van der Waals surface area contributed by atoms with Crippen LogP contribution in [-0.2, 0) is 13.6 Å². The zero-order valence-electron chi connectivity index (χ0n) is 9.70. The molecular weight excluding hydrogens is 230 g/mol.